The molecule has 1 aromatic heterocycles. The fraction of sp³-hybridized carbons (Fsp3) is 0.583. The predicted octanol–water partition coefficient (Wildman–Crippen LogP) is 3.16. The lowest BCUT2D eigenvalue weighted by molar-refractivity contribution is 0.0512. The topological polar surface area (TPSA) is 52.1 Å². The zero-order chi connectivity index (χ0) is 13.8. The van der Waals surface area contributed by atoms with Crippen molar-refractivity contribution in [3.63, 3.8) is 0 Å². The van der Waals surface area contributed by atoms with Crippen LogP contribution < -0.4 is 0 Å². The molecule has 1 unspecified atom stereocenters. The zero-order valence-corrected chi connectivity index (χ0v) is 11.3. The van der Waals surface area contributed by atoms with Gasteiger partial charge >= 0.3 is 5.97 Å². The molecule has 2 heterocycles. The van der Waals surface area contributed by atoms with E-state index in [2.05, 4.69) is 9.97 Å². The van der Waals surface area contributed by atoms with E-state index < -0.39 is 18.1 Å². The van der Waals surface area contributed by atoms with Gasteiger partial charge in [-0.05, 0) is 25.5 Å². The first-order valence-corrected chi connectivity index (χ1v) is 7.12. The van der Waals surface area contributed by atoms with Crippen LogP contribution >= 0.6 is 11.8 Å². The van der Waals surface area contributed by atoms with Gasteiger partial charge in [-0.15, -0.1) is 0 Å². The molecule has 7 heteroatoms. The van der Waals surface area contributed by atoms with E-state index in [1.165, 1.54) is 0 Å². The molecule has 4 nitrogen and oxygen atoms in total. The smallest absolute Gasteiger partial charge is 0.341 e. The molecule has 1 fully saturated rings. The number of alkyl halides is 2. The Balaban J connectivity index is 2.31. The van der Waals surface area contributed by atoms with Crippen molar-refractivity contribution in [1.29, 1.82) is 0 Å². The van der Waals surface area contributed by atoms with Crippen molar-refractivity contribution >= 4 is 17.7 Å². The highest BCUT2D eigenvalue weighted by Crippen LogP contribution is 2.38. The Bertz CT molecular complexity index is 465. The second-order valence-corrected chi connectivity index (χ2v) is 5.36. The number of carbonyl (C=O) groups is 1. The predicted molar refractivity (Wildman–Crippen MR) is 67.4 cm³/mol. The van der Waals surface area contributed by atoms with E-state index in [-0.39, 0.29) is 17.4 Å². The second kappa shape index (κ2) is 6.27. The van der Waals surface area contributed by atoms with Gasteiger partial charge in [-0.25, -0.2) is 23.5 Å². The Morgan fingerprint density at radius 1 is 1.63 bits per heavy atom. The summed E-state index contributed by atoms with van der Waals surface area (Å²) >= 11 is 1.65. The lowest BCUT2D eigenvalue weighted by Gasteiger charge is -2.11. The molecule has 0 bridgehead atoms. The molecule has 0 spiro atoms. The first-order valence-electron chi connectivity index (χ1n) is 6.07. The molecule has 0 aromatic carbocycles. The summed E-state index contributed by atoms with van der Waals surface area (Å²) in [6.07, 6.45) is 0.252. The molecule has 1 aromatic rings. The highest BCUT2D eigenvalue weighted by molar-refractivity contribution is 7.99. The van der Waals surface area contributed by atoms with Crippen molar-refractivity contribution < 1.29 is 18.3 Å². The third-order valence-electron chi connectivity index (χ3n) is 2.76. The maximum absolute atomic E-state index is 13.0. The Labute approximate surface area is 114 Å². The summed E-state index contributed by atoms with van der Waals surface area (Å²) in [5.41, 5.74) is -0.778. The number of thioether (sulfide) groups is 1. The van der Waals surface area contributed by atoms with Gasteiger partial charge in [0.2, 0.25) is 0 Å². The van der Waals surface area contributed by atoms with Crippen molar-refractivity contribution in [2.24, 2.45) is 0 Å². The van der Waals surface area contributed by atoms with E-state index in [1.807, 2.05) is 0 Å². The number of hydrogen-bond donors (Lipinski definition) is 0. The highest BCUT2D eigenvalue weighted by atomic mass is 32.2. The van der Waals surface area contributed by atoms with E-state index in [9.17, 15) is 13.6 Å². The third kappa shape index (κ3) is 3.20. The monoisotopic (exact) mass is 288 g/mol. The standard InChI is InChI=1S/C12H14F2N2O2S/c1-2-18-12(17)7-6-15-11(8-4-3-5-19-8)16-9(7)10(13)14/h6,8,10H,2-5H2,1H3. The number of ether oxygens (including phenoxy) is 1. The number of esters is 1. The average molecular weight is 288 g/mol. The van der Waals surface area contributed by atoms with Crippen LogP contribution in [0, 0.1) is 0 Å². The Kier molecular flexibility index (Phi) is 4.68. The van der Waals surface area contributed by atoms with Crippen molar-refractivity contribution in [2.45, 2.75) is 31.4 Å². The molecule has 0 radical (unpaired) electrons. The fourth-order valence-electron chi connectivity index (χ4n) is 1.88. The van der Waals surface area contributed by atoms with E-state index >= 15 is 0 Å². The number of aromatic nitrogens is 2. The van der Waals surface area contributed by atoms with Gasteiger partial charge in [0.1, 0.15) is 17.1 Å². The zero-order valence-electron chi connectivity index (χ0n) is 10.4. The van der Waals surface area contributed by atoms with Crippen LogP contribution in [0.4, 0.5) is 8.78 Å². The van der Waals surface area contributed by atoms with Gasteiger partial charge in [0.05, 0.1) is 11.9 Å². The maximum Gasteiger partial charge on any atom is 0.341 e. The minimum absolute atomic E-state index is 0.0498. The molecule has 0 aliphatic carbocycles. The van der Waals surface area contributed by atoms with Crippen LogP contribution in [0.5, 0.6) is 0 Å². The Morgan fingerprint density at radius 3 is 3.00 bits per heavy atom. The van der Waals surface area contributed by atoms with Gasteiger partial charge in [0.25, 0.3) is 6.43 Å². The molecular weight excluding hydrogens is 274 g/mol. The quantitative estimate of drug-likeness (QED) is 0.797. The Hall–Kier alpha value is -1.24. The van der Waals surface area contributed by atoms with Crippen LogP contribution in [0.25, 0.3) is 0 Å². The lowest BCUT2D eigenvalue weighted by Crippen LogP contribution is -2.13. The summed E-state index contributed by atoms with van der Waals surface area (Å²) in [7, 11) is 0. The van der Waals surface area contributed by atoms with E-state index in [4.69, 9.17) is 4.74 Å². The largest absolute Gasteiger partial charge is 0.462 e. The van der Waals surface area contributed by atoms with E-state index in [0.29, 0.717) is 5.82 Å². The number of rotatable bonds is 4. The van der Waals surface area contributed by atoms with Gasteiger partial charge in [-0.1, -0.05) is 0 Å². The molecule has 19 heavy (non-hydrogen) atoms. The second-order valence-electron chi connectivity index (χ2n) is 4.05. The van der Waals surface area contributed by atoms with Gasteiger partial charge in [-0.3, -0.25) is 0 Å². The highest BCUT2D eigenvalue weighted by Gasteiger charge is 2.26. The van der Waals surface area contributed by atoms with Crippen LogP contribution in [0.3, 0.4) is 0 Å². The van der Waals surface area contributed by atoms with Crippen LogP contribution in [0.1, 0.15) is 53.3 Å². The molecule has 1 saturated heterocycles. The summed E-state index contributed by atoms with van der Waals surface area (Å²) in [5, 5.41) is 0.0498. The van der Waals surface area contributed by atoms with E-state index in [0.717, 1.165) is 24.8 Å². The molecule has 0 amide bonds. The van der Waals surface area contributed by atoms with Crippen molar-refractivity contribution in [1.82, 2.24) is 9.97 Å². The number of halogens is 2. The number of hydrogen-bond acceptors (Lipinski definition) is 5. The average Bonchev–Trinajstić information content (AvgIpc) is 2.92. The van der Waals surface area contributed by atoms with Crippen molar-refractivity contribution in [3.8, 4) is 0 Å². The number of carbonyl (C=O) groups excluding carboxylic acids is 1. The maximum atomic E-state index is 13.0. The molecule has 104 valence electrons. The fourth-order valence-corrected chi connectivity index (χ4v) is 3.09. The normalized spacial score (nSPS) is 18.8. The molecule has 2 rings (SSSR count). The van der Waals surface area contributed by atoms with Crippen molar-refractivity contribution in [2.75, 3.05) is 12.4 Å². The molecule has 0 N–H and O–H groups in total. The molecule has 1 aliphatic heterocycles. The molecule has 1 atom stereocenters. The summed E-state index contributed by atoms with van der Waals surface area (Å²) in [5.74, 6) is 0.562. The van der Waals surface area contributed by atoms with Crippen LogP contribution in [0.15, 0.2) is 6.20 Å². The summed E-state index contributed by atoms with van der Waals surface area (Å²) < 4.78 is 30.7. The SMILES string of the molecule is CCOC(=O)c1cnc(C2CCCS2)nc1C(F)F. The Morgan fingerprint density at radius 2 is 2.42 bits per heavy atom. The van der Waals surface area contributed by atoms with Crippen LogP contribution in [0.2, 0.25) is 0 Å². The lowest BCUT2D eigenvalue weighted by atomic mass is 10.2. The van der Waals surface area contributed by atoms with Crippen LogP contribution in [-0.4, -0.2) is 28.3 Å². The summed E-state index contributed by atoms with van der Waals surface area (Å²) in [6, 6.07) is 0. The van der Waals surface area contributed by atoms with Crippen LogP contribution in [-0.2, 0) is 4.74 Å². The minimum atomic E-state index is -2.81. The molecule has 0 saturated carbocycles. The third-order valence-corrected chi connectivity index (χ3v) is 4.13. The van der Waals surface area contributed by atoms with E-state index in [1.54, 1.807) is 18.7 Å². The summed E-state index contributed by atoms with van der Waals surface area (Å²) in [4.78, 5) is 19.5. The van der Waals surface area contributed by atoms with Gasteiger partial charge in [0, 0.05) is 6.20 Å². The molecular formula is C12H14F2N2O2S. The first-order chi connectivity index (χ1) is 9.13. The summed E-state index contributed by atoms with van der Waals surface area (Å²) in [6.45, 7) is 1.74. The first kappa shape index (κ1) is 14.2. The van der Waals surface area contributed by atoms with Gasteiger partial charge in [-0.2, -0.15) is 11.8 Å². The molecule has 1 aliphatic rings. The number of nitrogens with zero attached hydrogens (tertiary/aromatic N) is 2. The van der Waals surface area contributed by atoms with Gasteiger partial charge in [0.15, 0.2) is 0 Å². The minimum Gasteiger partial charge on any atom is -0.462 e. The van der Waals surface area contributed by atoms with Crippen molar-refractivity contribution in [3.05, 3.63) is 23.3 Å². The van der Waals surface area contributed by atoms with Gasteiger partial charge < -0.3 is 4.74 Å².